The molecule has 0 atom stereocenters. The van der Waals surface area contributed by atoms with Crippen molar-refractivity contribution in [2.75, 3.05) is 0 Å². The average molecular weight is 697 g/mol. The Kier molecular flexibility index (Phi) is 6.29. The van der Waals surface area contributed by atoms with E-state index in [0.717, 1.165) is 44.7 Å². The summed E-state index contributed by atoms with van der Waals surface area (Å²) in [4.78, 5) is 11.1. The molecule has 0 fully saturated rings. The highest BCUT2D eigenvalue weighted by molar-refractivity contribution is 6.19. The third-order valence-electron chi connectivity index (χ3n) is 12.1. The summed E-state index contributed by atoms with van der Waals surface area (Å²) in [6.07, 6.45) is 0. The molecule has 254 valence electrons. The summed E-state index contributed by atoms with van der Waals surface area (Å²) in [6.45, 7) is 0. The van der Waals surface area contributed by atoms with Gasteiger partial charge in [0.2, 0.25) is 0 Å². The molecule has 10 aromatic rings. The van der Waals surface area contributed by atoms with Gasteiger partial charge in [-0.1, -0.05) is 182 Å². The molecule has 0 radical (unpaired) electrons. The van der Waals surface area contributed by atoms with Crippen LogP contribution in [0.1, 0.15) is 22.3 Å². The topological polar surface area (TPSA) is 25.8 Å². The molecule has 1 aromatic heterocycles. The molecule has 55 heavy (non-hydrogen) atoms. The lowest BCUT2D eigenvalue weighted by Gasteiger charge is -2.32. The highest BCUT2D eigenvalue weighted by Crippen LogP contribution is 2.64. The van der Waals surface area contributed by atoms with E-state index in [-0.39, 0.29) is 0 Å². The maximum Gasteiger partial charge on any atom is 0.161 e. The van der Waals surface area contributed by atoms with Crippen LogP contribution in [0.4, 0.5) is 0 Å². The van der Waals surface area contributed by atoms with Crippen molar-refractivity contribution >= 4 is 32.3 Å². The fourth-order valence-electron chi connectivity index (χ4n) is 9.88. The molecule has 0 aliphatic heterocycles. The minimum atomic E-state index is -0.501. The zero-order valence-electron chi connectivity index (χ0n) is 29.9. The number of fused-ring (bicyclic) bond motifs is 14. The molecule has 9 aromatic carbocycles. The van der Waals surface area contributed by atoms with Crippen LogP contribution in [0.2, 0.25) is 0 Å². The molecule has 0 amide bonds. The predicted octanol–water partition coefficient (Wildman–Crippen LogP) is 13.3. The van der Waals surface area contributed by atoms with Crippen molar-refractivity contribution in [3.05, 3.63) is 216 Å². The van der Waals surface area contributed by atoms with E-state index in [0.29, 0.717) is 0 Å². The van der Waals surface area contributed by atoms with Gasteiger partial charge in [-0.05, 0) is 89.0 Å². The lowest BCUT2D eigenvalue weighted by molar-refractivity contribution is 0.795. The highest BCUT2D eigenvalue weighted by atomic mass is 14.9. The Balaban J connectivity index is 1.21. The maximum atomic E-state index is 5.68. The van der Waals surface area contributed by atoms with Crippen LogP contribution in [0.15, 0.2) is 194 Å². The van der Waals surface area contributed by atoms with Crippen LogP contribution >= 0.6 is 0 Å². The van der Waals surface area contributed by atoms with Gasteiger partial charge >= 0.3 is 0 Å². The number of hydrogen-bond donors (Lipinski definition) is 0. The number of hydrogen-bond acceptors (Lipinski definition) is 2. The van der Waals surface area contributed by atoms with Crippen molar-refractivity contribution in [1.82, 2.24) is 9.97 Å². The molecule has 0 bridgehead atoms. The van der Waals surface area contributed by atoms with Crippen molar-refractivity contribution in [3.63, 3.8) is 0 Å². The molecule has 0 saturated carbocycles. The first-order chi connectivity index (χ1) is 27.3. The van der Waals surface area contributed by atoms with E-state index in [2.05, 4.69) is 194 Å². The monoisotopic (exact) mass is 696 g/mol. The van der Waals surface area contributed by atoms with Gasteiger partial charge in [0, 0.05) is 16.7 Å². The molecule has 2 aliphatic carbocycles. The van der Waals surface area contributed by atoms with E-state index in [1.54, 1.807) is 0 Å². The first-order valence-corrected chi connectivity index (χ1v) is 19.0. The molecular formula is C53H32N2. The second-order valence-electron chi connectivity index (χ2n) is 14.8. The van der Waals surface area contributed by atoms with E-state index in [1.165, 1.54) is 66.1 Å². The second kappa shape index (κ2) is 11.4. The van der Waals surface area contributed by atoms with Crippen molar-refractivity contribution in [2.45, 2.75) is 5.41 Å². The molecular weight excluding hydrogens is 665 g/mol. The zero-order valence-corrected chi connectivity index (χ0v) is 29.9. The zero-order chi connectivity index (χ0) is 36.1. The summed E-state index contributed by atoms with van der Waals surface area (Å²) in [5, 5.41) is 7.11. The van der Waals surface area contributed by atoms with E-state index >= 15 is 0 Å². The fraction of sp³-hybridized carbons (Fsp3) is 0.0189. The summed E-state index contributed by atoms with van der Waals surface area (Å²) in [5.74, 6) is 0.725. The molecule has 2 nitrogen and oxygen atoms in total. The van der Waals surface area contributed by atoms with Gasteiger partial charge in [-0.3, -0.25) is 0 Å². The Morgan fingerprint density at radius 3 is 1.60 bits per heavy atom. The Morgan fingerprint density at radius 1 is 0.327 bits per heavy atom. The molecule has 0 unspecified atom stereocenters. The van der Waals surface area contributed by atoms with Crippen LogP contribution in [0.5, 0.6) is 0 Å². The van der Waals surface area contributed by atoms with Gasteiger partial charge in [0.25, 0.3) is 0 Å². The number of benzene rings is 9. The average Bonchev–Trinajstić information content (AvgIpc) is 3.73. The molecule has 0 N–H and O–H groups in total. The molecule has 0 saturated heterocycles. The van der Waals surface area contributed by atoms with Crippen LogP contribution in [-0.4, -0.2) is 9.97 Å². The predicted molar refractivity (Wildman–Crippen MR) is 227 cm³/mol. The van der Waals surface area contributed by atoms with Crippen LogP contribution < -0.4 is 0 Å². The van der Waals surface area contributed by atoms with Gasteiger partial charge < -0.3 is 0 Å². The minimum absolute atomic E-state index is 0.501. The molecule has 2 heteroatoms. The summed E-state index contributed by atoms with van der Waals surface area (Å²) in [6, 6.07) is 70.7. The quantitative estimate of drug-likeness (QED) is 0.136. The van der Waals surface area contributed by atoms with Crippen molar-refractivity contribution in [2.24, 2.45) is 0 Å². The highest BCUT2D eigenvalue weighted by Gasteiger charge is 2.52. The van der Waals surface area contributed by atoms with E-state index in [4.69, 9.17) is 9.97 Å². The van der Waals surface area contributed by atoms with Crippen LogP contribution in [0, 0.1) is 0 Å². The molecule has 2 aliphatic rings. The third-order valence-corrected chi connectivity index (χ3v) is 12.1. The Morgan fingerprint density at radius 2 is 0.873 bits per heavy atom. The van der Waals surface area contributed by atoms with Gasteiger partial charge in [0.05, 0.1) is 16.8 Å². The largest absolute Gasteiger partial charge is 0.228 e. The summed E-state index contributed by atoms with van der Waals surface area (Å²) in [7, 11) is 0. The van der Waals surface area contributed by atoms with E-state index < -0.39 is 5.41 Å². The van der Waals surface area contributed by atoms with Crippen LogP contribution in [0.25, 0.3) is 88.5 Å². The Bertz CT molecular complexity index is 3150. The number of nitrogens with zero attached hydrogens (tertiary/aromatic N) is 2. The van der Waals surface area contributed by atoms with Gasteiger partial charge in [0.1, 0.15) is 0 Å². The minimum Gasteiger partial charge on any atom is -0.228 e. The number of rotatable bonds is 3. The summed E-state index contributed by atoms with van der Waals surface area (Å²) >= 11 is 0. The van der Waals surface area contributed by atoms with Crippen molar-refractivity contribution in [3.8, 4) is 56.2 Å². The van der Waals surface area contributed by atoms with Crippen molar-refractivity contribution in [1.29, 1.82) is 0 Å². The number of aromatic nitrogens is 2. The lowest BCUT2D eigenvalue weighted by atomic mass is 9.69. The van der Waals surface area contributed by atoms with E-state index in [1.807, 2.05) is 0 Å². The van der Waals surface area contributed by atoms with Gasteiger partial charge in [0.15, 0.2) is 5.82 Å². The fourth-order valence-corrected chi connectivity index (χ4v) is 9.88. The molecule has 1 heterocycles. The second-order valence-corrected chi connectivity index (χ2v) is 14.8. The molecule has 1 spiro atoms. The van der Waals surface area contributed by atoms with Crippen molar-refractivity contribution < 1.29 is 0 Å². The van der Waals surface area contributed by atoms with Gasteiger partial charge in [-0.2, -0.15) is 0 Å². The first-order valence-electron chi connectivity index (χ1n) is 19.0. The summed E-state index contributed by atoms with van der Waals surface area (Å²) < 4.78 is 0. The van der Waals surface area contributed by atoms with Crippen LogP contribution in [-0.2, 0) is 5.41 Å². The molecule has 12 rings (SSSR count). The van der Waals surface area contributed by atoms with E-state index in [9.17, 15) is 0 Å². The normalized spacial score (nSPS) is 13.2. The first kappa shape index (κ1) is 30.3. The van der Waals surface area contributed by atoms with Gasteiger partial charge in [-0.15, -0.1) is 0 Å². The lowest BCUT2D eigenvalue weighted by Crippen LogP contribution is -2.26. The maximum absolute atomic E-state index is 5.68. The Hall–Kier alpha value is -7.16. The van der Waals surface area contributed by atoms with Crippen LogP contribution in [0.3, 0.4) is 0 Å². The SMILES string of the molecule is c1ccc(-c2cc(-c3cccc4c3C3(c5ccccc5-c5ccccc53)c3ccccc3-4)nc(-c3c4ccccc4cc4c3ccc3ccccc34)n2)cc1. The third kappa shape index (κ3) is 4.14. The Labute approximate surface area is 319 Å². The smallest absolute Gasteiger partial charge is 0.161 e. The standard InChI is InChI=1S/C53H32N2/c1-2-16-34(17-3-1)48-32-49(55-52(54-48)50-37-20-7-5-18-35(37)31-44-36-19-6-4-15-33(36)29-30-41(44)50)43-25-14-24-42-40-23-10-13-28-47(40)53(51(42)43)45-26-11-8-21-38(45)39-22-9-12-27-46(39)53/h1-32H. The van der Waals surface area contributed by atoms with Gasteiger partial charge in [-0.25, -0.2) is 9.97 Å². The summed E-state index contributed by atoms with van der Waals surface area (Å²) in [5.41, 5.74) is 14.9.